The van der Waals surface area contributed by atoms with Crippen molar-refractivity contribution in [2.24, 2.45) is 7.05 Å². The number of hydrogen-bond acceptors (Lipinski definition) is 4. The van der Waals surface area contributed by atoms with Gasteiger partial charge in [0.05, 0.1) is 5.56 Å². The first-order valence-corrected chi connectivity index (χ1v) is 6.92. The largest absolute Gasteiger partial charge is 0.478 e. The molecule has 0 spiro atoms. The highest BCUT2D eigenvalue weighted by Gasteiger charge is 2.10. The summed E-state index contributed by atoms with van der Waals surface area (Å²) < 4.78 is 1.96. The Bertz CT molecular complexity index is 634. The first-order chi connectivity index (χ1) is 9.97. The molecule has 0 aliphatic rings. The average Bonchev–Trinajstić information content (AvgIpc) is 2.84. The normalized spacial score (nSPS) is 10.9. The van der Waals surface area contributed by atoms with E-state index in [-0.39, 0.29) is 11.5 Å². The molecule has 2 rings (SSSR count). The summed E-state index contributed by atoms with van der Waals surface area (Å²) in [7, 11) is 1.95. The van der Waals surface area contributed by atoms with E-state index in [2.05, 4.69) is 15.3 Å². The Labute approximate surface area is 123 Å². The van der Waals surface area contributed by atoms with Gasteiger partial charge in [0.25, 0.3) is 0 Å². The molecule has 2 aromatic rings. The summed E-state index contributed by atoms with van der Waals surface area (Å²) in [5.41, 5.74) is 1.03. The molecule has 0 aliphatic carbocycles. The molecule has 0 radical (unpaired) electrons. The molecular weight excluding hydrogens is 268 g/mol. The quantitative estimate of drug-likeness (QED) is 0.852. The van der Waals surface area contributed by atoms with Crippen LogP contribution in [0.1, 0.15) is 41.6 Å². The topological polar surface area (TPSA) is 80.0 Å². The van der Waals surface area contributed by atoms with Gasteiger partial charge in [-0.2, -0.15) is 0 Å². The zero-order valence-corrected chi connectivity index (χ0v) is 12.5. The van der Waals surface area contributed by atoms with E-state index in [1.165, 1.54) is 0 Å². The summed E-state index contributed by atoms with van der Waals surface area (Å²) >= 11 is 0. The van der Waals surface area contributed by atoms with Crippen LogP contribution in [0.4, 0.5) is 5.82 Å². The number of aromatic carboxylic acids is 1. The Morgan fingerprint density at radius 3 is 2.76 bits per heavy atom. The Balaban J connectivity index is 2.08. The summed E-state index contributed by atoms with van der Waals surface area (Å²) in [6.07, 6.45) is 4.41. The van der Waals surface area contributed by atoms with Gasteiger partial charge < -0.3 is 15.0 Å². The Hall–Kier alpha value is -2.37. The highest BCUT2D eigenvalue weighted by molar-refractivity contribution is 5.88. The third kappa shape index (κ3) is 3.81. The van der Waals surface area contributed by atoms with Crippen LogP contribution in [0.2, 0.25) is 0 Å². The van der Waals surface area contributed by atoms with Crippen molar-refractivity contribution < 1.29 is 9.90 Å². The van der Waals surface area contributed by atoms with E-state index in [0.29, 0.717) is 12.4 Å². The van der Waals surface area contributed by atoms with Crippen LogP contribution in [-0.2, 0) is 13.5 Å². The number of rotatable bonds is 6. The van der Waals surface area contributed by atoms with Crippen molar-refractivity contribution in [2.45, 2.75) is 26.2 Å². The third-order valence-electron chi connectivity index (χ3n) is 3.26. The molecule has 112 valence electrons. The van der Waals surface area contributed by atoms with Crippen LogP contribution in [0.25, 0.3) is 0 Å². The molecule has 6 heteroatoms. The lowest BCUT2D eigenvalue weighted by Gasteiger charge is -2.11. The number of anilines is 1. The van der Waals surface area contributed by atoms with Crippen LogP contribution in [-0.4, -0.2) is 32.2 Å². The number of aromatic nitrogens is 3. The minimum absolute atomic E-state index is 0.180. The number of carbonyl (C=O) groups is 1. The molecule has 2 heterocycles. The number of nitrogens with one attached hydrogen (secondary N) is 1. The second-order valence-electron chi connectivity index (χ2n) is 5.26. The molecule has 21 heavy (non-hydrogen) atoms. The maximum absolute atomic E-state index is 11.2. The van der Waals surface area contributed by atoms with E-state index in [0.717, 1.165) is 17.9 Å². The zero-order valence-electron chi connectivity index (χ0n) is 12.5. The van der Waals surface area contributed by atoms with Gasteiger partial charge in [-0.3, -0.25) is 0 Å². The third-order valence-corrected chi connectivity index (χ3v) is 3.26. The molecule has 0 atom stereocenters. The summed E-state index contributed by atoms with van der Waals surface area (Å²) in [4.78, 5) is 19.9. The fourth-order valence-corrected chi connectivity index (χ4v) is 2.00. The van der Waals surface area contributed by atoms with Crippen LogP contribution < -0.4 is 5.32 Å². The molecule has 0 aliphatic heterocycles. The highest BCUT2D eigenvalue weighted by atomic mass is 16.4. The molecule has 0 saturated heterocycles. The molecule has 0 unspecified atom stereocenters. The van der Waals surface area contributed by atoms with E-state index in [1.54, 1.807) is 18.3 Å². The van der Waals surface area contributed by atoms with Crippen molar-refractivity contribution in [3.05, 3.63) is 41.6 Å². The summed E-state index contributed by atoms with van der Waals surface area (Å²) in [6, 6.07) is 3.18. The first kappa shape index (κ1) is 15.0. The summed E-state index contributed by atoms with van der Waals surface area (Å²) in [5.74, 6) is 0.805. The Morgan fingerprint density at radius 2 is 2.19 bits per heavy atom. The standard InChI is InChI=1S/C15H20N4O2/c1-10(2)12-8-11(15(20)21)9-13(18-12)16-5-4-14-17-6-7-19(14)3/h6-10H,4-5H2,1-3H3,(H,16,18)(H,20,21). The van der Waals surface area contributed by atoms with Gasteiger partial charge in [-0.05, 0) is 18.1 Å². The predicted molar refractivity (Wildman–Crippen MR) is 80.7 cm³/mol. The first-order valence-electron chi connectivity index (χ1n) is 6.92. The SMILES string of the molecule is CC(C)c1cc(C(=O)O)cc(NCCc2nccn2C)n1. The van der Waals surface area contributed by atoms with E-state index in [9.17, 15) is 4.79 Å². The van der Waals surface area contributed by atoms with Crippen LogP contribution in [0, 0.1) is 0 Å². The van der Waals surface area contributed by atoms with Crippen LogP contribution in [0.15, 0.2) is 24.5 Å². The molecule has 0 amide bonds. The summed E-state index contributed by atoms with van der Waals surface area (Å²) in [5, 5.41) is 12.3. The van der Waals surface area contributed by atoms with Crippen LogP contribution in [0.5, 0.6) is 0 Å². The van der Waals surface area contributed by atoms with Crippen molar-refractivity contribution in [2.75, 3.05) is 11.9 Å². The van der Waals surface area contributed by atoms with E-state index in [1.807, 2.05) is 31.7 Å². The molecule has 2 aromatic heterocycles. The second kappa shape index (κ2) is 6.39. The number of aryl methyl sites for hydroxylation is 1. The van der Waals surface area contributed by atoms with E-state index < -0.39 is 5.97 Å². The van der Waals surface area contributed by atoms with Crippen molar-refractivity contribution >= 4 is 11.8 Å². The Kier molecular flexibility index (Phi) is 4.57. The fraction of sp³-hybridized carbons (Fsp3) is 0.400. The molecule has 0 saturated carbocycles. The van der Waals surface area contributed by atoms with Gasteiger partial charge in [0, 0.05) is 38.1 Å². The Morgan fingerprint density at radius 1 is 1.43 bits per heavy atom. The second-order valence-corrected chi connectivity index (χ2v) is 5.26. The molecule has 0 aromatic carbocycles. The molecule has 2 N–H and O–H groups in total. The summed E-state index contributed by atoms with van der Waals surface area (Å²) in [6.45, 7) is 4.63. The average molecular weight is 288 g/mol. The van der Waals surface area contributed by atoms with Crippen LogP contribution >= 0.6 is 0 Å². The predicted octanol–water partition coefficient (Wildman–Crippen LogP) is 2.29. The zero-order chi connectivity index (χ0) is 15.4. The minimum atomic E-state index is -0.938. The maximum Gasteiger partial charge on any atom is 0.335 e. The number of imidazole rings is 1. The van der Waals surface area contributed by atoms with E-state index in [4.69, 9.17) is 5.11 Å². The lowest BCUT2D eigenvalue weighted by atomic mass is 10.1. The van der Waals surface area contributed by atoms with Gasteiger partial charge in [0.1, 0.15) is 11.6 Å². The molecule has 0 fully saturated rings. The number of hydrogen-bond donors (Lipinski definition) is 2. The van der Waals surface area contributed by atoms with Crippen molar-refractivity contribution in [3.8, 4) is 0 Å². The fourth-order valence-electron chi connectivity index (χ4n) is 2.00. The van der Waals surface area contributed by atoms with Gasteiger partial charge >= 0.3 is 5.97 Å². The molecule has 0 bridgehead atoms. The van der Waals surface area contributed by atoms with Gasteiger partial charge in [-0.1, -0.05) is 13.8 Å². The highest BCUT2D eigenvalue weighted by Crippen LogP contribution is 2.17. The molecule has 6 nitrogen and oxygen atoms in total. The molecular formula is C15H20N4O2. The van der Waals surface area contributed by atoms with Crippen molar-refractivity contribution in [1.29, 1.82) is 0 Å². The minimum Gasteiger partial charge on any atom is -0.478 e. The van der Waals surface area contributed by atoms with Crippen molar-refractivity contribution in [1.82, 2.24) is 14.5 Å². The smallest absolute Gasteiger partial charge is 0.335 e. The van der Waals surface area contributed by atoms with Gasteiger partial charge in [-0.15, -0.1) is 0 Å². The van der Waals surface area contributed by atoms with Gasteiger partial charge in [-0.25, -0.2) is 14.8 Å². The lowest BCUT2D eigenvalue weighted by molar-refractivity contribution is 0.0696. The number of nitrogens with zero attached hydrogens (tertiary/aromatic N) is 3. The number of carboxylic acids is 1. The van der Waals surface area contributed by atoms with Crippen LogP contribution in [0.3, 0.4) is 0 Å². The maximum atomic E-state index is 11.2. The van der Waals surface area contributed by atoms with Gasteiger partial charge in [0.2, 0.25) is 0 Å². The van der Waals surface area contributed by atoms with Crippen molar-refractivity contribution in [3.63, 3.8) is 0 Å². The number of pyridine rings is 1. The lowest BCUT2D eigenvalue weighted by Crippen LogP contribution is -2.11. The van der Waals surface area contributed by atoms with Gasteiger partial charge in [0.15, 0.2) is 0 Å². The monoisotopic (exact) mass is 288 g/mol. The number of carboxylic acid groups (broad SMARTS) is 1. The van der Waals surface area contributed by atoms with E-state index >= 15 is 0 Å².